The molecular formula is C13H12O2. The van der Waals surface area contributed by atoms with Gasteiger partial charge >= 0.3 is 0 Å². The Labute approximate surface area is 88.9 Å². The molecule has 1 aliphatic rings. The second kappa shape index (κ2) is 4.60. The van der Waals surface area contributed by atoms with Crippen LogP contribution in [0.3, 0.4) is 0 Å². The molecule has 76 valence electrons. The minimum absolute atomic E-state index is 0.115. The van der Waals surface area contributed by atoms with Gasteiger partial charge in [0.05, 0.1) is 12.7 Å². The lowest BCUT2D eigenvalue weighted by atomic mass is 10.1. The minimum Gasteiger partial charge on any atom is -0.493 e. The summed E-state index contributed by atoms with van der Waals surface area (Å²) < 4.78 is 5.28. The molecule has 0 saturated carbocycles. The monoisotopic (exact) mass is 200 g/mol. The van der Waals surface area contributed by atoms with Gasteiger partial charge in [-0.05, 0) is 11.6 Å². The molecule has 0 bridgehead atoms. The molecule has 0 amide bonds. The molecule has 1 aromatic rings. The van der Waals surface area contributed by atoms with Crippen LogP contribution in [0, 0.1) is 0 Å². The molecule has 0 unspecified atom stereocenters. The number of benzene rings is 1. The van der Waals surface area contributed by atoms with E-state index in [0.717, 1.165) is 5.56 Å². The van der Waals surface area contributed by atoms with E-state index in [2.05, 4.69) is 0 Å². The third-order valence-electron chi connectivity index (χ3n) is 2.21. The number of ketones is 1. The highest BCUT2D eigenvalue weighted by atomic mass is 16.5. The van der Waals surface area contributed by atoms with Gasteiger partial charge < -0.3 is 4.74 Å². The number of hydrogen-bond acceptors (Lipinski definition) is 2. The fourth-order valence-electron chi connectivity index (χ4n) is 1.43. The fourth-order valence-corrected chi connectivity index (χ4v) is 1.43. The maximum absolute atomic E-state index is 11.1. The topological polar surface area (TPSA) is 26.3 Å². The highest BCUT2D eigenvalue weighted by molar-refractivity contribution is 5.90. The molecule has 1 heterocycles. The molecule has 0 spiro atoms. The first-order valence-electron chi connectivity index (χ1n) is 4.93. The molecule has 1 aliphatic heterocycles. The van der Waals surface area contributed by atoms with Crippen molar-refractivity contribution in [2.45, 2.75) is 12.5 Å². The van der Waals surface area contributed by atoms with E-state index in [4.69, 9.17) is 4.74 Å². The number of carbonyl (C=O) groups excluding carboxylic acids is 1. The summed E-state index contributed by atoms with van der Waals surface area (Å²) in [5.74, 6) is 0.115. The van der Waals surface area contributed by atoms with Crippen molar-refractivity contribution in [1.82, 2.24) is 0 Å². The van der Waals surface area contributed by atoms with E-state index < -0.39 is 0 Å². The molecule has 2 rings (SSSR count). The fraction of sp³-hybridized carbons (Fsp3) is 0.154. The Balaban J connectivity index is 2.00. The maximum atomic E-state index is 11.1. The van der Waals surface area contributed by atoms with Crippen LogP contribution in [0.4, 0.5) is 0 Å². The Kier molecular flexibility index (Phi) is 2.98. The van der Waals surface area contributed by atoms with Crippen LogP contribution in [0.5, 0.6) is 0 Å². The summed E-state index contributed by atoms with van der Waals surface area (Å²) in [4.78, 5) is 11.1. The normalized spacial score (nSPS) is 20.5. The standard InChI is InChI=1S/C13H12O2/c14-12-8-9-15-13(10-12)7-6-11-4-2-1-3-5-11/h1-9,13H,10H2/t13-/m1/s1. The predicted octanol–water partition coefficient (Wildman–Crippen LogP) is 2.57. The van der Waals surface area contributed by atoms with Crippen LogP contribution >= 0.6 is 0 Å². The van der Waals surface area contributed by atoms with Crippen molar-refractivity contribution in [3.63, 3.8) is 0 Å². The van der Waals surface area contributed by atoms with Gasteiger partial charge in [0.1, 0.15) is 6.10 Å². The Bertz CT molecular complexity index is 390. The molecule has 0 aromatic heterocycles. The minimum atomic E-state index is -0.122. The van der Waals surface area contributed by atoms with Crippen LogP contribution in [0.2, 0.25) is 0 Å². The largest absolute Gasteiger partial charge is 0.493 e. The first kappa shape index (κ1) is 9.71. The molecule has 0 saturated heterocycles. The zero-order valence-electron chi connectivity index (χ0n) is 8.30. The average molecular weight is 200 g/mol. The molecule has 1 aromatic carbocycles. The molecule has 1 atom stereocenters. The van der Waals surface area contributed by atoms with E-state index in [1.54, 1.807) is 0 Å². The molecule has 2 heteroatoms. The van der Waals surface area contributed by atoms with Gasteiger partial charge in [0.15, 0.2) is 5.78 Å². The van der Waals surface area contributed by atoms with Crippen LogP contribution in [0.25, 0.3) is 6.08 Å². The highest BCUT2D eigenvalue weighted by Gasteiger charge is 2.12. The van der Waals surface area contributed by atoms with Crippen molar-refractivity contribution < 1.29 is 9.53 Å². The first-order chi connectivity index (χ1) is 7.34. The Morgan fingerprint density at radius 2 is 2.07 bits per heavy atom. The second-order valence-electron chi connectivity index (χ2n) is 3.42. The van der Waals surface area contributed by atoms with E-state index in [1.165, 1.54) is 12.3 Å². The summed E-state index contributed by atoms with van der Waals surface area (Å²) in [7, 11) is 0. The second-order valence-corrected chi connectivity index (χ2v) is 3.42. The molecule has 15 heavy (non-hydrogen) atoms. The zero-order valence-corrected chi connectivity index (χ0v) is 8.30. The summed E-state index contributed by atoms with van der Waals surface area (Å²) in [6.45, 7) is 0. The van der Waals surface area contributed by atoms with Crippen LogP contribution in [-0.2, 0) is 9.53 Å². The van der Waals surface area contributed by atoms with E-state index in [0.29, 0.717) is 6.42 Å². The van der Waals surface area contributed by atoms with Gasteiger partial charge in [0, 0.05) is 6.08 Å². The highest BCUT2D eigenvalue weighted by Crippen LogP contribution is 2.11. The SMILES string of the molecule is O=C1C=CO[C@H](C=Cc2ccccc2)C1. The van der Waals surface area contributed by atoms with Gasteiger partial charge in [-0.15, -0.1) is 0 Å². The first-order valence-corrected chi connectivity index (χ1v) is 4.93. The Hall–Kier alpha value is -1.83. The number of rotatable bonds is 2. The van der Waals surface area contributed by atoms with Gasteiger partial charge in [-0.25, -0.2) is 0 Å². The summed E-state index contributed by atoms with van der Waals surface area (Å²) in [6.07, 6.45) is 7.12. The maximum Gasteiger partial charge on any atom is 0.162 e. The van der Waals surface area contributed by atoms with Gasteiger partial charge in [-0.1, -0.05) is 36.4 Å². The van der Waals surface area contributed by atoms with Gasteiger partial charge in [-0.2, -0.15) is 0 Å². The zero-order chi connectivity index (χ0) is 10.5. The van der Waals surface area contributed by atoms with Gasteiger partial charge in [0.2, 0.25) is 0 Å². The summed E-state index contributed by atoms with van der Waals surface area (Å²) in [6, 6.07) is 9.95. The summed E-state index contributed by atoms with van der Waals surface area (Å²) in [5.41, 5.74) is 1.11. The van der Waals surface area contributed by atoms with Crippen molar-refractivity contribution in [2.24, 2.45) is 0 Å². The lowest BCUT2D eigenvalue weighted by molar-refractivity contribution is -0.117. The van der Waals surface area contributed by atoms with Gasteiger partial charge in [0.25, 0.3) is 0 Å². The van der Waals surface area contributed by atoms with Gasteiger partial charge in [-0.3, -0.25) is 4.79 Å². The molecule has 0 radical (unpaired) electrons. The number of allylic oxidation sites excluding steroid dienone is 1. The average Bonchev–Trinajstić information content (AvgIpc) is 2.28. The number of hydrogen-bond donors (Lipinski definition) is 0. The lowest BCUT2D eigenvalue weighted by Crippen LogP contribution is -2.15. The number of ether oxygens (including phenoxy) is 1. The molecule has 2 nitrogen and oxygen atoms in total. The van der Waals surface area contributed by atoms with E-state index in [-0.39, 0.29) is 11.9 Å². The Morgan fingerprint density at radius 3 is 2.80 bits per heavy atom. The summed E-state index contributed by atoms with van der Waals surface area (Å²) >= 11 is 0. The van der Waals surface area contributed by atoms with Crippen LogP contribution in [0.1, 0.15) is 12.0 Å². The van der Waals surface area contributed by atoms with Crippen molar-refractivity contribution in [3.05, 3.63) is 54.3 Å². The van der Waals surface area contributed by atoms with Crippen LogP contribution in [-0.4, -0.2) is 11.9 Å². The van der Waals surface area contributed by atoms with E-state index >= 15 is 0 Å². The molecule has 0 aliphatic carbocycles. The number of carbonyl (C=O) groups is 1. The third kappa shape index (κ3) is 2.81. The summed E-state index contributed by atoms with van der Waals surface area (Å²) in [5, 5.41) is 0. The van der Waals surface area contributed by atoms with Crippen molar-refractivity contribution in [2.75, 3.05) is 0 Å². The quantitative estimate of drug-likeness (QED) is 0.733. The lowest BCUT2D eigenvalue weighted by Gasteiger charge is -2.14. The molecule has 0 fully saturated rings. The smallest absolute Gasteiger partial charge is 0.162 e. The van der Waals surface area contributed by atoms with E-state index in [9.17, 15) is 4.79 Å². The predicted molar refractivity (Wildman–Crippen MR) is 59.1 cm³/mol. The van der Waals surface area contributed by atoms with Crippen LogP contribution < -0.4 is 0 Å². The van der Waals surface area contributed by atoms with Crippen LogP contribution in [0.15, 0.2) is 48.7 Å². The third-order valence-corrected chi connectivity index (χ3v) is 2.21. The van der Waals surface area contributed by atoms with Crippen molar-refractivity contribution in [3.8, 4) is 0 Å². The van der Waals surface area contributed by atoms with Crippen molar-refractivity contribution >= 4 is 11.9 Å². The van der Waals surface area contributed by atoms with E-state index in [1.807, 2.05) is 42.5 Å². The Morgan fingerprint density at radius 1 is 1.27 bits per heavy atom. The molecule has 0 N–H and O–H groups in total. The van der Waals surface area contributed by atoms with Crippen molar-refractivity contribution in [1.29, 1.82) is 0 Å². The molecular weight excluding hydrogens is 188 g/mol.